The molecule has 2 aromatic carbocycles. The quantitative estimate of drug-likeness (QED) is 0.727. The maximum absolute atomic E-state index is 12.5. The predicted octanol–water partition coefficient (Wildman–Crippen LogP) is 2.47. The molecule has 1 aliphatic carbocycles. The monoisotopic (exact) mass is 378 g/mol. The molecule has 0 heterocycles. The average molecular weight is 379 g/mol. The topological polar surface area (TPSA) is 75.3 Å². The van der Waals surface area contributed by atoms with Gasteiger partial charge in [-0.25, -0.2) is 13.1 Å². The SMILES string of the molecule is O=C(NCCNS(=O)(=O)c1ccccc1)C1(c2ccc(Cl)cc2)CC1. The minimum absolute atomic E-state index is 0.0752. The third-order valence-electron chi connectivity index (χ3n) is 4.34. The summed E-state index contributed by atoms with van der Waals surface area (Å²) in [6.07, 6.45) is 1.58. The molecule has 0 spiro atoms. The normalized spacial score (nSPS) is 15.6. The summed E-state index contributed by atoms with van der Waals surface area (Å²) in [5.74, 6) is -0.0752. The predicted molar refractivity (Wildman–Crippen MR) is 97.0 cm³/mol. The van der Waals surface area contributed by atoms with Gasteiger partial charge < -0.3 is 5.32 Å². The number of sulfonamides is 1. The number of hydrogen-bond donors (Lipinski definition) is 2. The number of carbonyl (C=O) groups is 1. The summed E-state index contributed by atoms with van der Waals surface area (Å²) >= 11 is 5.89. The smallest absolute Gasteiger partial charge is 0.240 e. The van der Waals surface area contributed by atoms with Gasteiger partial charge in [0.2, 0.25) is 15.9 Å². The number of benzene rings is 2. The van der Waals surface area contributed by atoms with Crippen molar-refractivity contribution in [2.75, 3.05) is 13.1 Å². The Morgan fingerprint density at radius 3 is 2.24 bits per heavy atom. The van der Waals surface area contributed by atoms with Crippen LogP contribution in [0.25, 0.3) is 0 Å². The molecule has 3 rings (SSSR count). The molecule has 1 fully saturated rings. The van der Waals surface area contributed by atoms with Crippen molar-refractivity contribution in [3.8, 4) is 0 Å². The van der Waals surface area contributed by atoms with E-state index in [-0.39, 0.29) is 23.9 Å². The van der Waals surface area contributed by atoms with Crippen molar-refractivity contribution in [2.24, 2.45) is 0 Å². The van der Waals surface area contributed by atoms with E-state index in [0.717, 1.165) is 18.4 Å². The van der Waals surface area contributed by atoms with E-state index in [1.807, 2.05) is 12.1 Å². The molecular formula is C18H19ClN2O3S. The van der Waals surface area contributed by atoms with Gasteiger partial charge in [-0.2, -0.15) is 0 Å². The van der Waals surface area contributed by atoms with Crippen LogP contribution in [0.4, 0.5) is 0 Å². The fourth-order valence-electron chi connectivity index (χ4n) is 2.75. The van der Waals surface area contributed by atoms with Gasteiger partial charge in [0.1, 0.15) is 0 Å². The van der Waals surface area contributed by atoms with Gasteiger partial charge in [0.05, 0.1) is 10.3 Å². The Morgan fingerprint density at radius 2 is 1.64 bits per heavy atom. The van der Waals surface area contributed by atoms with Gasteiger partial charge in [-0.05, 0) is 42.7 Å². The minimum Gasteiger partial charge on any atom is -0.354 e. The maximum atomic E-state index is 12.5. The first-order valence-electron chi connectivity index (χ1n) is 8.03. The van der Waals surface area contributed by atoms with Crippen molar-refractivity contribution in [3.05, 3.63) is 65.2 Å². The van der Waals surface area contributed by atoms with Gasteiger partial charge in [0.15, 0.2) is 0 Å². The molecule has 2 N–H and O–H groups in total. The van der Waals surface area contributed by atoms with Crippen LogP contribution in [-0.2, 0) is 20.2 Å². The van der Waals surface area contributed by atoms with Crippen molar-refractivity contribution in [2.45, 2.75) is 23.2 Å². The Kier molecular flexibility index (Phi) is 5.13. The van der Waals surface area contributed by atoms with Crippen molar-refractivity contribution in [1.29, 1.82) is 0 Å². The number of halogens is 1. The zero-order chi connectivity index (χ0) is 17.9. The van der Waals surface area contributed by atoms with E-state index >= 15 is 0 Å². The van der Waals surface area contributed by atoms with Gasteiger partial charge >= 0.3 is 0 Å². The lowest BCUT2D eigenvalue weighted by Gasteiger charge is -2.16. The number of hydrogen-bond acceptors (Lipinski definition) is 3. The number of rotatable bonds is 7. The van der Waals surface area contributed by atoms with Crippen molar-refractivity contribution < 1.29 is 13.2 Å². The molecule has 0 atom stereocenters. The Morgan fingerprint density at radius 1 is 1.00 bits per heavy atom. The van der Waals surface area contributed by atoms with Gasteiger partial charge in [0.25, 0.3) is 0 Å². The zero-order valence-corrected chi connectivity index (χ0v) is 15.1. The van der Waals surface area contributed by atoms with Crippen LogP contribution >= 0.6 is 11.6 Å². The number of carbonyl (C=O) groups excluding carboxylic acids is 1. The third kappa shape index (κ3) is 4.03. The van der Waals surface area contributed by atoms with Crippen molar-refractivity contribution >= 4 is 27.5 Å². The summed E-state index contributed by atoms with van der Waals surface area (Å²) < 4.78 is 26.7. The summed E-state index contributed by atoms with van der Waals surface area (Å²) in [6, 6.07) is 15.4. The third-order valence-corrected chi connectivity index (χ3v) is 6.07. The van der Waals surface area contributed by atoms with Gasteiger partial charge in [-0.1, -0.05) is 41.9 Å². The molecular weight excluding hydrogens is 360 g/mol. The average Bonchev–Trinajstić information content (AvgIpc) is 3.42. The first-order valence-corrected chi connectivity index (χ1v) is 9.89. The Labute approximate surface area is 152 Å². The van der Waals surface area contributed by atoms with E-state index in [0.29, 0.717) is 5.02 Å². The van der Waals surface area contributed by atoms with Crippen LogP contribution in [0.2, 0.25) is 5.02 Å². The largest absolute Gasteiger partial charge is 0.354 e. The van der Waals surface area contributed by atoms with Crippen LogP contribution in [-0.4, -0.2) is 27.4 Å². The minimum atomic E-state index is -3.55. The summed E-state index contributed by atoms with van der Waals surface area (Å²) in [4.78, 5) is 12.7. The van der Waals surface area contributed by atoms with Crippen LogP contribution in [0.15, 0.2) is 59.5 Å². The van der Waals surface area contributed by atoms with E-state index < -0.39 is 15.4 Å². The van der Waals surface area contributed by atoms with Gasteiger partial charge in [-0.15, -0.1) is 0 Å². The van der Waals surface area contributed by atoms with Crippen LogP contribution in [0.5, 0.6) is 0 Å². The molecule has 25 heavy (non-hydrogen) atoms. The summed E-state index contributed by atoms with van der Waals surface area (Å²) in [5.41, 5.74) is 0.447. The van der Waals surface area contributed by atoms with Crippen LogP contribution in [0, 0.1) is 0 Å². The second-order valence-electron chi connectivity index (χ2n) is 6.06. The second-order valence-corrected chi connectivity index (χ2v) is 8.26. The van der Waals surface area contributed by atoms with Crippen LogP contribution < -0.4 is 10.0 Å². The highest BCUT2D eigenvalue weighted by Crippen LogP contribution is 2.48. The molecule has 0 saturated heterocycles. The Bertz CT molecular complexity index is 848. The Balaban J connectivity index is 1.53. The highest BCUT2D eigenvalue weighted by molar-refractivity contribution is 7.89. The summed E-state index contributed by atoms with van der Waals surface area (Å²) in [7, 11) is -3.55. The molecule has 0 aliphatic heterocycles. The fraction of sp³-hybridized carbons (Fsp3) is 0.278. The number of amides is 1. The molecule has 0 bridgehead atoms. The molecule has 0 radical (unpaired) electrons. The molecule has 0 aromatic heterocycles. The zero-order valence-electron chi connectivity index (χ0n) is 13.5. The van der Waals surface area contributed by atoms with E-state index in [2.05, 4.69) is 10.0 Å². The van der Waals surface area contributed by atoms with Crippen LogP contribution in [0.3, 0.4) is 0 Å². The molecule has 0 unspecified atom stereocenters. The van der Waals surface area contributed by atoms with Gasteiger partial charge in [-0.3, -0.25) is 4.79 Å². The molecule has 132 valence electrons. The first-order chi connectivity index (χ1) is 11.9. The summed E-state index contributed by atoms with van der Waals surface area (Å²) in [6.45, 7) is 0.375. The molecule has 1 amide bonds. The molecule has 5 nitrogen and oxygen atoms in total. The van der Waals surface area contributed by atoms with Crippen molar-refractivity contribution in [1.82, 2.24) is 10.0 Å². The fourth-order valence-corrected chi connectivity index (χ4v) is 3.93. The maximum Gasteiger partial charge on any atom is 0.240 e. The lowest BCUT2D eigenvalue weighted by molar-refractivity contribution is -0.123. The lowest BCUT2D eigenvalue weighted by Crippen LogP contribution is -2.39. The first kappa shape index (κ1) is 17.9. The van der Waals surface area contributed by atoms with Gasteiger partial charge in [0, 0.05) is 18.1 Å². The highest BCUT2D eigenvalue weighted by Gasteiger charge is 2.50. The molecule has 1 saturated carbocycles. The standard InChI is InChI=1S/C18H19ClN2O3S/c19-15-8-6-14(7-9-15)18(10-11-18)17(22)20-12-13-21-25(23,24)16-4-2-1-3-5-16/h1-9,21H,10-13H2,(H,20,22). The molecule has 2 aromatic rings. The van der Waals surface area contributed by atoms with E-state index in [1.165, 1.54) is 12.1 Å². The van der Waals surface area contributed by atoms with E-state index in [4.69, 9.17) is 11.6 Å². The highest BCUT2D eigenvalue weighted by atomic mass is 35.5. The van der Waals surface area contributed by atoms with Crippen molar-refractivity contribution in [3.63, 3.8) is 0 Å². The lowest BCUT2D eigenvalue weighted by atomic mass is 9.95. The molecule has 7 heteroatoms. The summed E-state index contributed by atoms with van der Waals surface area (Å²) in [5, 5.41) is 3.46. The van der Waals surface area contributed by atoms with E-state index in [1.54, 1.807) is 30.3 Å². The molecule has 1 aliphatic rings. The second kappa shape index (κ2) is 7.15. The van der Waals surface area contributed by atoms with E-state index in [9.17, 15) is 13.2 Å². The van der Waals surface area contributed by atoms with Crippen LogP contribution in [0.1, 0.15) is 18.4 Å². The Hall–Kier alpha value is -1.89. The number of nitrogens with one attached hydrogen (secondary N) is 2.